The number of amides is 1. The Balaban J connectivity index is 1.95. The molecule has 2 rings (SSSR count). The molecule has 2 aliphatic rings. The number of likely N-dealkylation sites (tertiary alicyclic amines) is 1. The largest absolute Gasteiger partial charge is 0.339 e. The first kappa shape index (κ1) is 14.8. The summed E-state index contributed by atoms with van der Waals surface area (Å²) >= 11 is 0. The second-order valence-electron chi connectivity index (χ2n) is 6.62. The van der Waals surface area contributed by atoms with Gasteiger partial charge in [-0.15, -0.1) is 0 Å². The normalized spacial score (nSPS) is 35.6. The summed E-state index contributed by atoms with van der Waals surface area (Å²) in [6, 6.07) is 0.736. The maximum atomic E-state index is 12.6. The summed E-state index contributed by atoms with van der Waals surface area (Å²) in [4.78, 5) is 14.8. The van der Waals surface area contributed by atoms with E-state index >= 15 is 0 Å². The van der Waals surface area contributed by atoms with Gasteiger partial charge in [-0.3, -0.25) is 4.79 Å². The molecule has 2 N–H and O–H groups in total. The minimum absolute atomic E-state index is 0.260. The van der Waals surface area contributed by atoms with Crippen molar-refractivity contribution in [3.8, 4) is 0 Å². The van der Waals surface area contributed by atoms with Crippen LogP contribution in [0.3, 0.4) is 0 Å². The highest BCUT2D eigenvalue weighted by molar-refractivity contribution is 5.77. The van der Waals surface area contributed by atoms with Crippen LogP contribution in [0.25, 0.3) is 0 Å². The molecule has 3 nitrogen and oxygen atoms in total. The number of hydrogen-bond acceptors (Lipinski definition) is 2. The second kappa shape index (κ2) is 6.74. The van der Waals surface area contributed by atoms with Crippen LogP contribution in [-0.2, 0) is 4.79 Å². The molecule has 0 aromatic carbocycles. The van der Waals surface area contributed by atoms with Crippen LogP contribution in [0, 0.1) is 11.8 Å². The van der Waals surface area contributed by atoms with Gasteiger partial charge >= 0.3 is 0 Å². The summed E-state index contributed by atoms with van der Waals surface area (Å²) in [6.07, 6.45) is 8.91. The number of hydrogen-bond donors (Lipinski definition) is 1. The number of nitrogens with two attached hydrogens (primary N) is 1. The molecule has 110 valence electrons. The molecule has 1 aliphatic carbocycles. The first-order chi connectivity index (χ1) is 9.13. The summed E-state index contributed by atoms with van der Waals surface area (Å²) in [5.74, 6) is 1.47. The maximum Gasteiger partial charge on any atom is 0.223 e. The first-order valence-corrected chi connectivity index (χ1v) is 8.18. The monoisotopic (exact) mass is 266 g/mol. The lowest BCUT2D eigenvalue weighted by Crippen LogP contribution is -2.48. The van der Waals surface area contributed by atoms with Crippen molar-refractivity contribution in [2.45, 2.75) is 77.3 Å². The zero-order valence-electron chi connectivity index (χ0n) is 12.6. The molecule has 0 radical (unpaired) electrons. The number of carbonyl (C=O) groups excluding carboxylic acids is 1. The molecular weight excluding hydrogens is 236 g/mol. The summed E-state index contributed by atoms with van der Waals surface area (Å²) < 4.78 is 0. The highest BCUT2D eigenvalue weighted by atomic mass is 16.2. The van der Waals surface area contributed by atoms with Gasteiger partial charge < -0.3 is 10.6 Å². The molecule has 0 aromatic heterocycles. The summed E-state index contributed by atoms with van der Waals surface area (Å²) in [5.41, 5.74) is 6.11. The van der Waals surface area contributed by atoms with E-state index in [9.17, 15) is 4.79 Å². The van der Waals surface area contributed by atoms with Crippen LogP contribution in [0.1, 0.15) is 65.2 Å². The molecule has 19 heavy (non-hydrogen) atoms. The van der Waals surface area contributed by atoms with Gasteiger partial charge in [0.05, 0.1) is 0 Å². The predicted octanol–water partition coefficient (Wildman–Crippen LogP) is 2.93. The van der Waals surface area contributed by atoms with E-state index in [0.717, 1.165) is 25.8 Å². The zero-order chi connectivity index (χ0) is 13.8. The van der Waals surface area contributed by atoms with Gasteiger partial charge in [-0.05, 0) is 43.9 Å². The molecule has 0 spiro atoms. The van der Waals surface area contributed by atoms with Crippen LogP contribution in [-0.4, -0.2) is 29.4 Å². The molecule has 2 fully saturated rings. The molecule has 2 unspecified atom stereocenters. The molecule has 3 heteroatoms. The van der Waals surface area contributed by atoms with E-state index in [0.29, 0.717) is 30.2 Å². The number of rotatable bonds is 4. The Bertz CT molecular complexity index is 305. The van der Waals surface area contributed by atoms with Gasteiger partial charge in [0.15, 0.2) is 0 Å². The van der Waals surface area contributed by atoms with Gasteiger partial charge in [0, 0.05) is 25.0 Å². The van der Waals surface area contributed by atoms with E-state index in [1.165, 1.54) is 25.7 Å². The topological polar surface area (TPSA) is 46.3 Å². The zero-order valence-corrected chi connectivity index (χ0v) is 12.6. The van der Waals surface area contributed by atoms with Crippen molar-refractivity contribution in [1.82, 2.24) is 4.90 Å². The van der Waals surface area contributed by atoms with Crippen molar-refractivity contribution >= 4 is 5.91 Å². The van der Waals surface area contributed by atoms with Gasteiger partial charge in [0.1, 0.15) is 0 Å². The van der Waals surface area contributed by atoms with Crippen molar-refractivity contribution in [2.75, 3.05) is 6.54 Å². The Labute approximate surface area is 117 Å². The highest BCUT2D eigenvalue weighted by Crippen LogP contribution is 2.31. The molecule has 1 aliphatic heterocycles. The number of nitrogens with zero attached hydrogens (tertiary/aromatic N) is 1. The van der Waals surface area contributed by atoms with Crippen molar-refractivity contribution in [3.63, 3.8) is 0 Å². The Morgan fingerprint density at radius 2 is 2.05 bits per heavy atom. The van der Waals surface area contributed by atoms with Crippen LogP contribution in [0.2, 0.25) is 0 Å². The van der Waals surface area contributed by atoms with Crippen molar-refractivity contribution in [2.24, 2.45) is 17.6 Å². The molecule has 0 bridgehead atoms. The van der Waals surface area contributed by atoms with Crippen LogP contribution in [0.4, 0.5) is 0 Å². The average Bonchev–Trinajstić information content (AvgIpc) is 2.78. The van der Waals surface area contributed by atoms with Crippen molar-refractivity contribution < 1.29 is 4.79 Å². The predicted molar refractivity (Wildman–Crippen MR) is 78.7 cm³/mol. The van der Waals surface area contributed by atoms with E-state index < -0.39 is 0 Å². The van der Waals surface area contributed by atoms with Crippen molar-refractivity contribution in [3.05, 3.63) is 0 Å². The molecule has 4 atom stereocenters. The number of piperidine rings is 1. The smallest absolute Gasteiger partial charge is 0.223 e. The quantitative estimate of drug-likeness (QED) is 0.850. The van der Waals surface area contributed by atoms with Crippen molar-refractivity contribution in [1.29, 1.82) is 0 Å². The van der Waals surface area contributed by atoms with E-state index in [1.807, 2.05) is 0 Å². The van der Waals surface area contributed by atoms with E-state index in [1.54, 1.807) is 0 Å². The SMILES string of the molecule is CCCC1C(C)CCCN1C(=O)C[C@@H]1CCC[C@H]1N. The fourth-order valence-electron chi connectivity index (χ4n) is 3.96. The molecule has 1 saturated carbocycles. The van der Waals surface area contributed by atoms with Gasteiger partial charge in [-0.1, -0.05) is 26.7 Å². The second-order valence-corrected chi connectivity index (χ2v) is 6.62. The Morgan fingerprint density at radius 3 is 2.68 bits per heavy atom. The summed E-state index contributed by atoms with van der Waals surface area (Å²) in [7, 11) is 0. The lowest BCUT2D eigenvalue weighted by molar-refractivity contribution is -0.137. The minimum atomic E-state index is 0.260. The van der Waals surface area contributed by atoms with Gasteiger partial charge in [0.2, 0.25) is 5.91 Å². The van der Waals surface area contributed by atoms with Crippen LogP contribution >= 0.6 is 0 Å². The third-order valence-electron chi connectivity index (χ3n) is 5.18. The van der Waals surface area contributed by atoms with Crippen LogP contribution < -0.4 is 5.73 Å². The molecular formula is C16H30N2O. The van der Waals surface area contributed by atoms with Gasteiger partial charge in [-0.2, -0.15) is 0 Å². The molecule has 0 aromatic rings. The Kier molecular flexibility index (Phi) is 5.26. The van der Waals surface area contributed by atoms with E-state index in [2.05, 4.69) is 18.7 Å². The first-order valence-electron chi connectivity index (χ1n) is 8.18. The third kappa shape index (κ3) is 3.50. The van der Waals surface area contributed by atoms with E-state index in [4.69, 9.17) is 5.73 Å². The molecule has 1 heterocycles. The molecule has 1 saturated heterocycles. The van der Waals surface area contributed by atoms with Gasteiger partial charge in [-0.25, -0.2) is 0 Å². The standard InChI is InChI=1S/C16H30N2O/c1-3-6-15-12(2)7-5-10-18(15)16(19)11-13-8-4-9-14(13)17/h12-15H,3-11,17H2,1-2H3/t12?,13-,14+,15?/m0/s1. The Morgan fingerprint density at radius 1 is 1.26 bits per heavy atom. The van der Waals surface area contributed by atoms with Crippen LogP contribution in [0.15, 0.2) is 0 Å². The average molecular weight is 266 g/mol. The van der Waals surface area contributed by atoms with Gasteiger partial charge in [0.25, 0.3) is 0 Å². The fourth-order valence-corrected chi connectivity index (χ4v) is 3.96. The molecule has 1 amide bonds. The van der Waals surface area contributed by atoms with E-state index in [-0.39, 0.29) is 6.04 Å². The lowest BCUT2D eigenvalue weighted by atomic mass is 9.87. The summed E-state index contributed by atoms with van der Waals surface area (Å²) in [5, 5.41) is 0. The maximum absolute atomic E-state index is 12.6. The fraction of sp³-hybridized carbons (Fsp3) is 0.938. The summed E-state index contributed by atoms with van der Waals surface area (Å²) in [6.45, 7) is 5.49. The third-order valence-corrected chi connectivity index (χ3v) is 5.18. The highest BCUT2D eigenvalue weighted by Gasteiger charge is 2.34. The Hall–Kier alpha value is -0.570. The van der Waals surface area contributed by atoms with Crippen LogP contribution in [0.5, 0.6) is 0 Å². The lowest BCUT2D eigenvalue weighted by Gasteiger charge is -2.40. The minimum Gasteiger partial charge on any atom is -0.339 e. The number of carbonyl (C=O) groups is 1.